The molecule has 1 aliphatic rings. The standard InChI is InChI=1S/C23H20N8O2/c32-23-13-19(17-2-1-5-25-15-17)28-31(23)21-14-22(29-8-10-33-11-9-29)30-20(26-21)12-18(27-30)16-3-6-24-7-4-16/h1-7,12-15,28H,8-11H2. The lowest BCUT2D eigenvalue weighted by Gasteiger charge is -2.29. The van der Waals surface area contributed by atoms with Gasteiger partial charge in [-0.05, 0) is 24.3 Å². The van der Waals surface area contributed by atoms with Crippen molar-refractivity contribution >= 4 is 11.5 Å². The highest BCUT2D eigenvalue weighted by Gasteiger charge is 2.20. The summed E-state index contributed by atoms with van der Waals surface area (Å²) < 4.78 is 8.80. The number of pyridine rings is 2. The highest BCUT2D eigenvalue weighted by Crippen LogP contribution is 2.25. The van der Waals surface area contributed by atoms with Gasteiger partial charge >= 0.3 is 0 Å². The van der Waals surface area contributed by atoms with Gasteiger partial charge in [-0.3, -0.25) is 19.9 Å². The molecule has 33 heavy (non-hydrogen) atoms. The molecular formula is C23H20N8O2. The fourth-order valence-electron chi connectivity index (χ4n) is 3.98. The zero-order valence-corrected chi connectivity index (χ0v) is 17.6. The van der Waals surface area contributed by atoms with E-state index in [2.05, 4.69) is 20.0 Å². The maximum Gasteiger partial charge on any atom is 0.273 e. The number of anilines is 1. The van der Waals surface area contributed by atoms with Gasteiger partial charge in [-0.1, -0.05) is 0 Å². The summed E-state index contributed by atoms with van der Waals surface area (Å²) >= 11 is 0. The van der Waals surface area contributed by atoms with Crippen molar-refractivity contribution in [3.63, 3.8) is 0 Å². The van der Waals surface area contributed by atoms with E-state index in [1.807, 2.05) is 40.9 Å². The van der Waals surface area contributed by atoms with Crippen LogP contribution in [0.5, 0.6) is 0 Å². The number of H-pyrrole nitrogens is 1. The smallest absolute Gasteiger partial charge is 0.273 e. The Balaban J connectivity index is 1.51. The fourth-order valence-corrected chi connectivity index (χ4v) is 3.98. The van der Waals surface area contributed by atoms with Crippen LogP contribution in [0, 0.1) is 0 Å². The van der Waals surface area contributed by atoms with Gasteiger partial charge < -0.3 is 9.64 Å². The lowest BCUT2D eigenvalue weighted by molar-refractivity contribution is 0.122. The molecule has 10 heteroatoms. The summed E-state index contributed by atoms with van der Waals surface area (Å²) in [5, 5.41) is 7.97. The zero-order valence-electron chi connectivity index (χ0n) is 17.6. The van der Waals surface area contributed by atoms with E-state index < -0.39 is 0 Å². The maximum atomic E-state index is 12.9. The highest BCUT2D eigenvalue weighted by atomic mass is 16.5. The maximum absolute atomic E-state index is 12.9. The number of hydrogen-bond acceptors (Lipinski definition) is 7. The van der Waals surface area contributed by atoms with Gasteiger partial charge in [0.05, 0.1) is 24.6 Å². The second-order valence-corrected chi connectivity index (χ2v) is 7.69. The van der Waals surface area contributed by atoms with Crippen LogP contribution < -0.4 is 10.5 Å². The second kappa shape index (κ2) is 7.99. The molecule has 0 unspecified atom stereocenters. The number of nitrogens with zero attached hydrogens (tertiary/aromatic N) is 7. The van der Waals surface area contributed by atoms with Gasteiger partial charge in [0.2, 0.25) is 0 Å². The number of nitrogens with one attached hydrogen (secondary N) is 1. The van der Waals surface area contributed by atoms with E-state index in [1.54, 1.807) is 30.9 Å². The molecular weight excluding hydrogens is 420 g/mol. The molecule has 6 rings (SSSR count). The molecule has 164 valence electrons. The Labute approximate surface area is 188 Å². The lowest BCUT2D eigenvalue weighted by Crippen LogP contribution is -2.37. The van der Waals surface area contributed by atoms with E-state index >= 15 is 0 Å². The number of fused-ring (bicyclic) bond motifs is 1. The lowest BCUT2D eigenvalue weighted by atomic mass is 10.2. The Morgan fingerprint density at radius 1 is 0.939 bits per heavy atom. The summed E-state index contributed by atoms with van der Waals surface area (Å²) in [4.78, 5) is 28.1. The van der Waals surface area contributed by atoms with Crippen LogP contribution in [-0.4, -0.2) is 60.6 Å². The Kier molecular flexibility index (Phi) is 4.69. The fraction of sp³-hybridized carbons (Fsp3) is 0.174. The van der Waals surface area contributed by atoms with Crippen LogP contribution in [0.4, 0.5) is 5.82 Å². The minimum atomic E-state index is -0.201. The van der Waals surface area contributed by atoms with Crippen LogP contribution >= 0.6 is 0 Å². The summed E-state index contributed by atoms with van der Waals surface area (Å²) in [5.74, 6) is 1.34. The van der Waals surface area contributed by atoms with Crippen LogP contribution in [0.2, 0.25) is 0 Å². The molecule has 0 atom stereocenters. The molecule has 0 spiro atoms. The first-order valence-electron chi connectivity index (χ1n) is 10.6. The van der Waals surface area contributed by atoms with E-state index in [9.17, 15) is 4.79 Å². The third kappa shape index (κ3) is 3.56. The molecule has 0 aromatic carbocycles. The average molecular weight is 440 g/mol. The molecule has 1 aliphatic heterocycles. The van der Waals surface area contributed by atoms with Crippen LogP contribution in [0.15, 0.2) is 72.0 Å². The van der Waals surface area contributed by atoms with E-state index in [1.165, 1.54) is 4.68 Å². The molecule has 6 heterocycles. The summed E-state index contributed by atoms with van der Waals surface area (Å²) in [6.07, 6.45) is 6.88. The summed E-state index contributed by atoms with van der Waals surface area (Å²) in [5.41, 5.74) is 3.67. The van der Waals surface area contributed by atoms with Gasteiger partial charge in [-0.2, -0.15) is 9.61 Å². The Morgan fingerprint density at radius 3 is 2.58 bits per heavy atom. The number of morpholine rings is 1. The number of aromatic amines is 1. The monoisotopic (exact) mass is 440 g/mol. The minimum absolute atomic E-state index is 0.201. The normalized spacial score (nSPS) is 14.1. The minimum Gasteiger partial charge on any atom is -0.378 e. The predicted molar refractivity (Wildman–Crippen MR) is 122 cm³/mol. The first kappa shape index (κ1) is 19.4. The molecule has 0 aliphatic carbocycles. The largest absolute Gasteiger partial charge is 0.378 e. The van der Waals surface area contributed by atoms with E-state index in [4.69, 9.17) is 14.8 Å². The Hall–Kier alpha value is -4.31. The number of rotatable bonds is 4. The third-order valence-corrected chi connectivity index (χ3v) is 5.63. The van der Waals surface area contributed by atoms with Crippen LogP contribution in [0.3, 0.4) is 0 Å². The van der Waals surface area contributed by atoms with Crippen molar-refractivity contribution in [2.24, 2.45) is 0 Å². The van der Waals surface area contributed by atoms with Crippen molar-refractivity contribution in [3.05, 3.63) is 77.6 Å². The summed E-state index contributed by atoms with van der Waals surface area (Å²) in [6.45, 7) is 2.71. The summed E-state index contributed by atoms with van der Waals surface area (Å²) in [6, 6.07) is 12.9. The first-order valence-corrected chi connectivity index (χ1v) is 10.6. The first-order chi connectivity index (χ1) is 16.3. The Morgan fingerprint density at radius 2 is 1.79 bits per heavy atom. The quantitative estimate of drug-likeness (QED) is 0.456. The zero-order chi connectivity index (χ0) is 22.2. The Bertz CT molecular complexity index is 1470. The molecule has 1 fully saturated rings. The molecule has 5 aromatic heterocycles. The van der Waals surface area contributed by atoms with Gasteiger partial charge in [0.25, 0.3) is 5.56 Å². The number of ether oxygens (including phenoxy) is 1. The second-order valence-electron chi connectivity index (χ2n) is 7.69. The van der Waals surface area contributed by atoms with E-state index in [0.29, 0.717) is 30.4 Å². The van der Waals surface area contributed by atoms with Crippen molar-refractivity contribution in [2.75, 3.05) is 31.2 Å². The third-order valence-electron chi connectivity index (χ3n) is 5.63. The van der Waals surface area contributed by atoms with Crippen molar-refractivity contribution in [3.8, 4) is 28.3 Å². The van der Waals surface area contributed by atoms with Gasteiger partial charge in [0.15, 0.2) is 11.5 Å². The van der Waals surface area contributed by atoms with Crippen LogP contribution in [0.25, 0.3) is 34.0 Å². The van der Waals surface area contributed by atoms with E-state index in [0.717, 1.165) is 35.7 Å². The van der Waals surface area contributed by atoms with Crippen molar-refractivity contribution in [2.45, 2.75) is 0 Å². The van der Waals surface area contributed by atoms with Crippen molar-refractivity contribution in [1.82, 2.24) is 34.3 Å². The topological polar surface area (TPSA) is 106 Å². The summed E-state index contributed by atoms with van der Waals surface area (Å²) in [7, 11) is 0. The molecule has 0 bridgehead atoms. The number of aromatic nitrogens is 7. The molecule has 0 saturated carbocycles. The molecule has 1 saturated heterocycles. The molecule has 0 amide bonds. The van der Waals surface area contributed by atoms with Crippen LogP contribution in [0.1, 0.15) is 0 Å². The molecule has 10 nitrogen and oxygen atoms in total. The molecule has 5 aromatic rings. The van der Waals surface area contributed by atoms with Crippen molar-refractivity contribution < 1.29 is 4.74 Å². The van der Waals surface area contributed by atoms with Gasteiger partial charge in [-0.25, -0.2) is 9.67 Å². The average Bonchev–Trinajstić information content (AvgIpc) is 3.49. The van der Waals surface area contributed by atoms with Crippen LogP contribution in [-0.2, 0) is 4.74 Å². The molecule has 1 N–H and O–H groups in total. The highest BCUT2D eigenvalue weighted by molar-refractivity contribution is 5.66. The predicted octanol–water partition coefficient (Wildman–Crippen LogP) is 2.17. The van der Waals surface area contributed by atoms with E-state index in [-0.39, 0.29) is 5.56 Å². The van der Waals surface area contributed by atoms with Crippen molar-refractivity contribution in [1.29, 1.82) is 0 Å². The van der Waals surface area contributed by atoms with Gasteiger partial charge in [0, 0.05) is 67.2 Å². The van der Waals surface area contributed by atoms with Gasteiger partial charge in [0.1, 0.15) is 5.82 Å². The molecule has 0 radical (unpaired) electrons. The number of hydrogen-bond donors (Lipinski definition) is 1. The van der Waals surface area contributed by atoms with Gasteiger partial charge in [-0.15, -0.1) is 0 Å². The SMILES string of the molecule is O=c1cc(-c2cccnc2)[nH]n1-c1cc(N2CCOCC2)n2nc(-c3ccncc3)cc2n1.